The summed E-state index contributed by atoms with van der Waals surface area (Å²) in [4.78, 5) is 25.6. The summed E-state index contributed by atoms with van der Waals surface area (Å²) in [5.41, 5.74) is 2.81. The Balaban J connectivity index is 1.68. The van der Waals surface area contributed by atoms with E-state index < -0.39 is 5.92 Å². The molecule has 0 saturated heterocycles. The molecule has 7 nitrogen and oxygen atoms in total. The van der Waals surface area contributed by atoms with Gasteiger partial charge in [0.15, 0.2) is 11.5 Å². The number of para-hydroxylation sites is 1. The van der Waals surface area contributed by atoms with Crippen LogP contribution in [0.2, 0.25) is 0 Å². The minimum atomic E-state index is -0.494. The third kappa shape index (κ3) is 4.44. The van der Waals surface area contributed by atoms with Crippen molar-refractivity contribution in [3.63, 3.8) is 0 Å². The molecule has 4 rings (SSSR count). The van der Waals surface area contributed by atoms with E-state index in [4.69, 9.17) is 18.9 Å². The SMILES string of the molecule is COc1ccc(CCOc2c(OC)cccc2[C@@H]2CC(=O)Oc3cc(C)n(C)c(=O)c32)cc1. The number of aromatic nitrogens is 1. The number of hydrogen-bond acceptors (Lipinski definition) is 6. The van der Waals surface area contributed by atoms with Crippen LogP contribution in [0.4, 0.5) is 0 Å². The van der Waals surface area contributed by atoms with Crippen molar-refractivity contribution in [2.45, 2.75) is 25.7 Å². The van der Waals surface area contributed by atoms with E-state index in [2.05, 4.69) is 0 Å². The van der Waals surface area contributed by atoms with Crippen LogP contribution >= 0.6 is 0 Å². The largest absolute Gasteiger partial charge is 0.497 e. The molecule has 1 atom stereocenters. The van der Waals surface area contributed by atoms with Crippen molar-refractivity contribution in [1.29, 1.82) is 0 Å². The van der Waals surface area contributed by atoms with E-state index in [0.29, 0.717) is 41.5 Å². The average molecular weight is 450 g/mol. The maximum atomic E-state index is 13.1. The molecule has 7 heteroatoms. The van der Waals surface area contributed by atoms with E-state index in [1.165, 1.54) is 0 Å². The number of ether oxygens (including phenoxy) is 4. The first-order valence-electron chi connectivity index (χ1n) is 10.8. The number of nitrogens with zero attached hydrogens (tertiary/aromatic N) is 1. The lowest BCUT2D eigenvalue weighted by Crippen LogP contribution is -2.32. The Hall–Kier alpha value is -3.74. The van der Waals surface area contributed by atoms with Crippen molar-refractivity contribution < 1.29 is 23.7 Å². The van der Waals surface area contributed by atoms with E-state index in [1.807, 2.05) is 42.5 Å². The van der Waals surface area contributed by atoms with Gasteiger partial charge in [-0.1, -0.05) is 24.3 Å². The van der Waals surface area contributed by atoms with E-state index in [0.717, 1.165) is 16.9 Å². The van der Waals surface area contributed by atoms with Crippen LogP contribution in [0.25, 0.3) is 0 Å². The van der Waals surface area contributed by atoms with Crippen LogP contribution in [0, 0.1) is 6.92 Å². The predicted octanol–water partition coefficient (Wildman–Crippen LogP) is 3.77. The second kappa shape index (κ2) is 9.40. The van der Waals surface area contributed by atoms with Crippen LogP contribution in [-0.2, 0) is 18.3 Å². The number of hydrogen-bond donors (Lipinski definition) is 0. The number of methoxy groups -OCH3 is 2. The molecule has 0 radical (unpaired) electrons. The first-order chi connectivity index (χ1) is 15.9. The predicted molar refractivity (Wildman–Crippen MR) is 124 cm³/mol. The fraction of sp³-hybridized carbons (Fsp3) is 0.308. The number of carbonyl (C=O) groups is 1. The molecule has 1 aliphatic heterocycles. The molecule has 2 heterocycles. The Labute approximate surface area is 192 Å². The maximum absolute atomic E-state index is 13.1. The number of carbonyl (C=O) groups excluding carboxylic acids is 1. The maximum Gasteiger partial charge on any atom is 0.312 e. The summed E-state index contributed by atoms with van der Waals surface area (Å²) in [5.74, 6) is 1.31. The van der Waals surface area contributed by atoms with E-state index in [-0.39, 0.29) is 17.9 Å². The number of esters is 1. The van der Waals surface area contributed by atoms with Gasteiger partial charge in [0.05, 0.1) is 32.8 Å². The smallest absolute Gasteiger partial charge is 0.312 e. The van der Waals surface area contributed by atoms with Gasteiger partial charge in [-0.2, -0.15) is 0 Å². The van der Waals surface area contributed by atoms with Crippen LogP contribution in [0.3, 0.4) is 0 Å². The molecule has 1 aliphatic rings. The van der Waals surface area contributed by atoms with Crippen LogP contribution in [0.5, 0.6) is 23.0 Å². The minimum Gasteiger partial charge on any atom is -0.497 e. The normalized spacial score (nSPS) is 14.9. The van der Waals surface area contributed by atoms with Gasteiger partial charge in [-0.3, -0.25) is 9.59 Å². The molecule has 1 aromatic heterocycles. The highest BCUT2D eigenvalue weighted by molar-refractivity contribution is 5.78. The standard InChI is InChI=1S/C26H27NO6/c1-16-14-22-24(26(29)27(16)2)20(15-23(28)33-22)19-6-5-7-21(31-4)25(19)32-13-12-17-8-10-18(30-3)11-9-17/h5-11,14,20H,12-13,15H2,1-4H3/t20-/m0/s1. The van der Waals surface area contributed by atoms with E-state index in [1.54, 1.807) is 38.8 Å². The molecule has 0 fully saturated rings. The van der Waals surface area contributed by atoms with Gasteiger partial charge in [0, 0.05) is 36.7 Å². The van der Waals surface area contributed by atoms with Crippen LogP contribution < -0.4 is 24.5 Å². The highest BCUT2D eigenvalue weighted by Gasteiger charge is 2.34. The van der Waals surface area contributed by atoms with Gasteiger partial charge >= 0.3 is 5.97 Å². The molecule has 0 spiro atoms. The van der Waals surface area contributed by atoms with Crippen molar-refractivity contribution in [1.82, 2.24) is 4.57 Å². The zero-order valence-electron chi connectivity index (χ0n) is 19.2. The van der Waals surface area contributed by atoms with Gasteiger partial charge < -0.3 is 23.5 Å². The number of aryl methyl sites for hydroxylation is 1. The summed E-state index contributed by atoms with van der Waals surface area (Å²) in [5, 5.41) is 0. The Morgan fingerprint density at radius 1 is 1.06 bits per heavy atom. The average Bonchev–Trinajstić information content (AvgIpc) is 2.82. The molecule has 172 valence electrons. The summed E-state index contributed by atoms with van der Waals surface area (Å²) in [7, 11) is 4.92. The Morgan fingerprint density at radius 2 is 1.82 bits per heavy atom. The number of benzene rings is 2. The molecule has 3 aromatic rings. The fourth-order valence-electron chi connectivity index (χ4n) is 4.10. The van der Waals surface area contributed by atoms with Gasteiger partial charge in [-0.15, -0.1) is 0 Å². The third-order valence-electron chi connectivity index (χ3n) is 6.01. The van der Waals surface area contributed by atoms with Crippen molar-refractivity contribution in [2.75, 3.05) is 20.8 Å². The van der Waals surface area contributed by atoms with Gasteiger partial charge in [0.25, 0.3) is 5.56 Å². The first kappa shape index (κ1) is 22.5. The van der Waals surface area contributed by atoms with E-state index >= 15 is 0 Å². The highest BCUT2D eigenvalue weighted by Crippen LogP contribution is 2.43. The summed E-state index contributed by atoms with van der Waals surface area (Å²) >= 11 is 0. The molecular weight excluding hydrogens is 422 g/mol. The van der Waals surface area contributed by atoms with Crippen LogP contribution in [0.15, 0.2) is 53.3 Å². The van der Waals surface area contributed by atoms with Crippen molar-refractivity contribution in [3.05, 3.63) is 81.3 Å². The number of fused-ring (bicyclic) bond motifs is 1. The summed E-state index contributed by atoms with van der Waals surface area (Å²) in [6, 6.07) is 15.0. The van der Waals surface area contributed by atoms with E-state index in [9.17, 15) is 9.59 Å². The molecule has 2 aromatic carbocycles. The van der Waals surface area contributed by atoms with Crippen LogP contribution in [0.1, 0.15) is 34.7 Å². The van der Waals surface area contributed by atoms with Gasteiger partial charge in [-0.05, 0) is 30.7 Å². The lowest BCUT2D eigenvalue weighted by Gasteiger charge is -2.27. The molecule has 0 N–H and O–H groups in total. The van der Waals surface area contributed by atoms with Gasteiger partial charge in [0.1, 0.15) is 11.5 Å². The quantitative estimate of drug-likeness (QED) is 0.511. The van der Waals surface area contributed by atoms with Gasteiger partial charge in [-0.25, -0.2) is 0 Å². The third-order valence-corrected chi connectivity index (χ3v) is 6.01. The Bertz CT molecular complexity index is 1230. The van der Waals surface area contributed by atoms with Crippen LogP contribution in [-0.4, -0.2) is 31.4 Å². The number of rotatable bonds is 7. The monoisotopic (exact) mass is 449 g/mol. The molecule has 33 heavy (non-hydrogen) atoms. The topological polar surface area (TPSA) is 76.0 Å². The Morgan fingerprint density at radius 3 is 2.52 bits per heavy atom. The van der Waals surface area contributed by atoms with Crippen molar-refractivity contribution in [3.8, 4) is 23.0 Å². The second-order valence-corrected chi connectivity index (χ2v) is 7.98. The van der Waals surface area contributed by atoms with Crippen molar-refractivity contribution in [2.24, 2.45) is 7.05 Å². The van der Waals surface area contributed by atoms with Crippen molar-refractivity contribution >= 4 is 5.97 Å². The molecule has 0 saturated carbocycles. The molecule has 0 amide bonds. The molecule has 0 aliphatic carbocycles. The number of pyridine rings is 1. The second-order valence-electron chi connectivity index (χ2n) is 7.98. The zero-order chi connectivity index (χ0) is 23.5. The zero-order valence-corrected chi connectivity index (χ0v) is 19.2. The minimum absolute atomic E-state index is 0.0489. The lowest BCUT2D eigenvalue weighted by atomic mass is 9.86. The lowest BCUT2D eigenvalue weighted by molar-refractivity contribution is -0.135. The van der Waals surface area contributed by atoms with Gasteiger partial charge in [0.2, 0.25) is 0 Å². The molecular formula is C26H27NO6. The Kier molecular flexibility index (Phi) is 6.40. The highest BCUT2D eigenvalue weighted by atomic mass is 16.5. The summed E-state index contributed by atoms with van der Waals surface area (Å²) in [6.07, 6.45) is 0.721. The summed E-state index contributed by atoms with van der Waals surface area (Å²) in [6.45, 7) is 2.20. The molecule has 0 bridgehead atoms. The molecule has 0 unspecified atom stereocenters. The first-order valence-corrected chi connectivity index (χ1v) is 10.8. The summed E-state index contributed by atoms with van der Waals surface area (Å²) < 4.78 is 23.9. The fourth-order valence-corrected chi connectivity index (χ4v) is 4.10.